The molecular weight excluding hydrogens is 287 g/mol. The molecule has 9 heteroatoms. The minimum atomic E-state index is -4.75. The van der Waals surface area contributed by atoms with Crippen LogP contribution in [0.15, 0.2) is 17.2 Å². The van der Waals surface area contributed by atoms with Crippen molar-refractivity contribution in [2.45, 2.75) is 18.0 Å². The van der Waals surface area contributed by atoms with Gasteiger partial charge in [-0.05, 0) is 6.07 Å². The average Bonchev–Trinajstić information content (AvgIpc) is 2.36. The van der Waals surface area contributed by atoms with E-state index in [0.29, 0.717) is 12.3 Å². The normalized spacial score (nSPS) is 12.3. The van der Waals surface area contributed by atoms with Crippen LogP contribution in [0, 0.1) is 0 Å². The van der Waals surface area contributed by atoms with E-state index in [1.54, 1.807) is 0 Å². The predicted molar refractivity (Wildman–Crippen MR) is 58.3 cm³/mol. The van der Waals surface area contributed by atoms with Gasteiger partial charge in [0.15, 0.2) is 15.5 Å². The van der Waals surface area contributed by atoms with Crippen molar-refractivity contribution < 1.29 is 31.1 Å². The molecule has 0 N–H and O–H groups in total. The van der Waals surface area contributed by atoms with Gasteiger partial charge in [-0.25, -0.2) is 18.2 Å². The Morgan fingerprint density at radius 3 is 2.42 bits per heavy atom. The molecule has 0 unspecified atom stereocenters. The summed E-state index contributed by atoms with van der Waals surface area (Å²) in [6.45, 7) is 1.25. The predicted octanol–water partition coefficient (Wildman–Crippen LogP) is 1.68. The number of pyridine rings is 1. The largest absolute Gasteiger partial charge is 0.464 e. The number of alkyl halides is 3. The molecule has 106 valence electrons. The maximum Gasteiger partial charge on any atom is 0.417 e. The molecule has 1 rings (SSSR count). The summed E-state index contributed by atoms with van der Waals surface area (Å²) in [5.41, 5.74) is -1.90. The number of sulfone groups is 1. The van der Waals surface area contributed by atoms with Crippen LogP contribution in [0.3, 0.4) is 0 Å². The fraction of sp³-hybridized carbons (Fsp3) is 0.400. The van der Waals surface area contributed by atoms with Gasteiger partial charge in [0.1, 0.15) is 4.90 Å². The van der Waals surface area contributed by atoms with Gasteiger partial charge in [0.2, 0.25) is 0 Å². The van der Waals surface area contributed by atoms with Crippen molar-refractivity contribution in [1.82, 2.24) is 4.98 Å². The van der Waals surface area contributed by atoms with Crippen molar-refractivity contribution in [2.24, 2.45) is 0 Å². The van der Waals surface area contributed by atoms with Crippen LogP contribution in [0.2, 0.25) is 0 Å². The number of aromatic nitrogens is 1. The zero-order valence-corrected chi connectivity index (χ0v) is 10.8. The number of carbonyl (C=O) groups is 1. The van der Waals surface area contributed by atoms with Crippen molar-refractivity contribution in [3.05, 3.63) is 23.5 Å². The molecule has 0 amide bonds. The fourth-order valence-corrected chi connectivity index (χ4v) is 2.29. The van der Waals surface area contributed by atoms with Gasteiger partial charge in [-0.1, -0.05) is 6.92 Å². The minimum absolute atomic E-state index is 0.387. The van der Waals surface area contributed by atoms with Crippen molar-refractivity contribution >= 4 is 15.8 Å². The zero-order chi connectivity index (χ0) is 14.8. The Morgan fingerprint density at radius 2 is 2.00 bits per heavy atom. The lowest BCUT2D eigenvalue weighted by Crippen LogP contribution is -2.17. The van der Waals surface area contributed by atoms with E-state index in [2.05, 4.69) is 9.72 Å². The van der Waals surface area contributed by atoms with Crippen LogP contribution in [-0.4, -0.2) is 32.2 Å². The van der Waals surface area contributed by atoms with E-state index in [4.69, 9.17) is 0 Å². The SMILES string of the molecule is CCS(=O)(=O)c1cc(C(F)(F)F)cnc1C(=O)OC. The molecule has 1 aromatic heterocycles. The number of hydrogen-bond donors (Lipinski definition) is 0. The lowest BCUT2D eigenvalue weighted by Gasteiger charge is -2.11. The summed E-state index contributed by atoms with van der Waals surface area (Å²) in [6.07, 6.45) is -4.36. The Morgan fingerprint density at radius 1 is 1.42 bits per heavy atom. The molecule has 0 aliphatic carbocycles. The number of methoxy groups -OCH3 is 1. The van der Waals surface area contributed by atoms with Crippen LogP contribution < -0.4 is 0 Å². The van der Waals surface area contributed by atoms with E-state index in [1.807, 2.05) is 0 Å². The lowest BCUT2D eigenvalue weighted by molar-refractivity contribution is -0.138. The van der Waals surface area contributed by atoms with E-state index in [-0.39, 0.29) is 0 Å². The monoisotopic (exact) mass is 297 g/mol. The van der Waals surface area contributed by atoms with Crippen molar-refractivity contribution in [3.8, 4) is 0 Å². The molecule has 0 fully saturated rings. The van der Waals surface area contributed by atoms with Gasteiger partial charge in [0.25, 0.3) is 0 Å². The molecule has 0 aliphatic heterocycles. The molecule has 0 spiro atoms. The summed E-state index contributed by atoms with van der Waals surface area (Å²) in [4.78, 5) is 13.8. The Hall–Kier alpha value is -1.64. The molecule has 0 aliphatic rings. The third kappa shape index (κ3) is 3.22. The molecule has 1 aromatic rings. The van der Waals surface area contributed by atoms with E-state index < -0.39 is 43.9 Å². The highest BCUT2D eigenvalue weighted by atomic mass is 32.2. The van der Waals surface area contributed by atoms with E-state index in [0.717, 1.165) is 7.11 Å². The molecule has 0 radical (unpaired) electrons. The number of ether oxygens (including phenoxy) is 1. The first kappa shape index (κ1) is 15.4. The third-order valence-electron chi connectivity index (χ3n) is 2.27. The molecule has 5 nitrogen and oxygen atoms in total. The van der Waals surface area contributed by atoms with Gasteiger partial charge in [-0.15, -0.1) is 0 Å². The summed E-state index contributed by atoms with van der Waals surface area (Å²) >= 11 is 0. The summed E-state index contributed by atoms with van der Waals surface area (Å²) < 4.78 is 65.3. The summed E-state index contributed by atoms with van der Waals surface area (Å²) in [5, 5.41) is 0. The van der Waals surface area contributed by atoms with E-state index in [1.165, 1.54) is 6.92 Å². The topological polar surface area (TPSA) is 73.3 Å². The highest BCUT2D eigenvalue weighted by Gasteiger charge is 2.34. The van der Waals surface area contributed by atoms with Crippen LogP contribution >= 0.6 is 0 Å². The lowest BCUT2D eigenvalue weighted by atomic mass is 10.2. The van der Waals surface area contributed by atoms with Crippen LogP contribution in [0.5, 0.6) is 0 Å². The number of halogens is 3. The van der Waals surface area contributed by atoms with Crippen LogP contribution in [0.1, 0.15) is 23.0 Å². The van der Waals surface area contributed by atoms with Crippen LogP contribution in [0.4, 0.5) is 13.2 Å². The van der Waals surface area contributed by atoms with Crippen molar-refractivity contribution in [3.63, 3.8) is 0 Å². The number of nitrogens with zero attached hydrogens (tertiary/aromatic N) is 1. The molecule has 0 aromatic carbocycles. The molecule has 0 atom stereocenters. The van der Waals surface area contributed by atoms with Gasteiger partial charge in [-0.3, -0.25) is 0 Å². The first-order valence-electron chi connectivity index (χ1n) is 5.01. The third-order valence-corrected chi connectivity index (χ3v) is 4.02. The average molecular weight is 297 g/mol. The smallest absolute Gasteiger partial charge is 0.417 e. The highest BCUT2D eigenvalue weighted by molar-refractivity contribution is 7.91. The molecule has 19 heavy (non-hydrogen) atoms. The Labute approximate surface area is 107 Å². The standard InChI is InChI=1S/C10H10F3NO4S/c1-3-19(16,17)7-4-6(10(11,12)13)5-14-8(7)9(15)18-2/h4-5H,3H2,1-2H3. The molecule has 0 bridgehead atoms. The van der Waals surface area contributed by atoms with Crippen LogP contribution in [-0.2, 0) is 20.8 Å². The van der Waals surface area contributed by atoms with Crippen molar-refractivity contribution in [2.75, 3.05) is 12.9 Å². The fourth-order valence-electron chi connectivity index (χ4n) is 1.24. The maximum atomic E-state index is 12.5. The minimum Gasteiger partial charge on any atom is -0.464 e. The van der Waals surface area contributed by atoms with E-state index >= 15 is 0 Å². The second-order valence-corrected chi connectivity index (χ2v) is 5.71. The molecule has 0 saturated carbocycles. The number of carbonyl (C=O) groups excluding carboxylic acids is 1. The number of rotatable bonds is 3. The highest BCUT2D eigenvalue weighted by Crippen LogP contribution is 2.31. The van der Waals surface area contributed by atoms with Gasteiger partial charge in [0.05, 0.1) is 18.4 Å². The summed E-state index contributed by atoms with van der Waals surface area (Å²) in [7, 11) is -3.05. The number of esters is 1. The van der Waals surface area contributed by atoms with Gasteiger partial charge >= 0.3 is 12.1 Å². The summed E-state index contributed by atoms with van der Waals surface area (Å²) in [5.74, 6) is -1.57. The number of hydrogen-bond acceptors (Lipinski definition) is 5. The molecular formula is C10H10F3NO4S. The van der Waals surface area contributed by atoms with Gasteiger partial charge in [0, 0.05) is 6.20 Å². The quantitative estimate of drug-likeness (QED) is 0.794. The van der Waals surface area contributed by atoms with Gasteiger partial charge < -0.3 is 4.74 Å². The first-order chi connectivity index (χ1) is 8.63. The first-order valence-corrected chi connectivity index (χ1v) is 6.67. The Bertz CT molecular complexity index is 595. The van der Waals surface area contributed by atoms with Crippen molar-refractivity contribution in [1.29, 1.82) is 0 Å². The Balaban J connectivity index is 3.57. The second-order valence-electron chi connectivity index (χ2n) is 3.46. The second kappa shape index (κ2) is 5.16. The molecule has 1 heterocycles. The maximum absolute atomic E-state index is 12.5. The van der Waals surface area contributed by atoms with Gasteiger partial charge in [-0.2, -0.15) is 13.2 Å². The molecule has 0 saturated heterocycles. The summed E-state index contributed by atoms with van der Waals surface area (Å²) in [6, 6.07) is 0.387. The zero-order valence-electron chi connectivity index (χ0n) is 9.98. The van der Waals surface area contributed by atoms with Crippen LogP contribution in [0.25, 0.3) is 0 Å². The van der Waals surface area contributed by atoms with E-state index in [9.17, 15) is 26.4 Å². The Kier molecular flexibility index (Phi) is 4.18.